The Morgan fingerprint density at radius 2 is 2.09 bits per heavy atom. The second-order valence-corrected chi connectivity index (χ2v) is 4.47. The lowest BCUT2D eigenvalue weighted by atomic mass is 10.2. The van der Waals surface area contributed by atoms with Gasteiger partial charge in [0.2, 0.25) is 5.91 Å². The summed E-state index contributed by atoms with van der Waals surface area (Å²) in [7, 11) is 0. The lowest BCUT2D eigenvalue weighted by molar-refractivity contribution is -0.116. The maximum Gasteiger partial charge on any atom is 0.358 e. The van der Waals surface area contributed by atoms with Crippen LogP contribution in [-0.2, 0) is 9.53 Å². The average molecular weight is 302 g/mol. The lowest BCUT2D eigenvalue weighted by Gasteiger charge is -2.10. The first-order chi connectivity index (χ1) is 10.7. The molecule has 0 radical (unpaired) electrons. The summed E-state index contributed by atoms with van der Waals surface area (Å²) >= 11 is 0. The van der Waals surface area contributed by atoms with E-state index in [1.807, 2.05) is 6.07 Å². The molecule has 1 aromatic heterocycles. The molecule has 0 spiro atoms. The van der Waals surface area contributed by atoms with E-state index in [-0.39, 0.29) is 31.2 Å². The fraction of sp³-hybridized carbons (Fsp3) is 0.267. The van der Waals surface area contributed by atoms with E-state index in [9.17, 15) is 9.59 Å². The van der Waals surface area contributed by atoms with Crippen molar-refractivity contribution in [2.45, 2.75) is 13.3 Å². The summed E-state index contributed by atoms with van der Waals surface area (Å²) in [4.78, 5) is 23.4. The summed E-state index contributed by atoms with van der Waals surface area (Å²) in [5, 5.41) is 6.96. The molecule has 7 nitrogen and oxygen atoms in total. The number of hydrogen-bond donors (Lipinski definition) is 2. The number of amides is 1. The van der Waals surface area contributed by atoms with Crippen LogP contribution in [0.3, 0.4) is 0 Å². The molecule has 2 rings (SSSR count). The monoisotopic (exact) mass is 302 g/mol. The fourth-order valence-corrected chi connectivity index (χ4v) is 1.89. The third kappa shape index (κ3) is 3.70. The molecule has 3 N–H and O–H groups in total. The fourth-order valence-electron chi connectivity index (χ4n) is 1.89. The van der Waals surface area contributed by atoms with Crippen molar-refractivity contribution in [2.24, 2.45) is 5.73 Å². The number of ether oxygens (including phenoxy) is 1. The van der Waals surface area contributed by atoms with Gasteiger partial charge >= 0.3 is 5.97 Å². The summed E-state index contributed by atoms with van der Waals surface area (Å²) in [5.41, 5.74) is 6.83. The van der Waals surface area contributed by atoms with Crippen molar-refractivity contribution in [3.8, 4) is 5.69 Å². The molecule has 2 aromatic rings. The molecular formula is C15H18N4O3. The van der Waals surface area contributed by atoms with Gasteiger partial charge in [-0.05, 0) is 25.1 Å². The first-order valence-electron chi connectivity index (χ1n) is 6.97. The number of carbonyl (C=O) groups excluding carboxylic acids is 2. The zero-order chi connectivity index (χ0) is 15.9. The van der Waals surface area contributed by atoms with E-state index in [2.05, 4.69) is 10.4 Å². The second-order valence-electron chi connectivity index (χ2n) is 4.47. The van der Waals surface area contributed by atoms with Crippen LogP contribution in [0, 0.1) is 0 Å². The van der Waals surface area contributed by atoms with E-state index in [4.69, 9.17) is 10.5 Å². The number of esters is 1. The number of nitrogens with zero attached hydrogens (tertiary/aromatic N) is 2. The molecule has 7 heteroatoms. The molecule has 22 heavy (non-hydrogen) atoms. The zero-order valence-electron chi connectivity index (χ0n) is 12.3. The number of anilines is 1. The Labute approximate surface area is 128 Å². The van der Waals surface area contributed by atoms with Crippen molar-refractivity contribution in [1.29, 1.82) is 0 Å². The lowest BCUT2D eigenvalue weighted by Crippen LogP contribution is -2.17. The van der Waals surface area contributed by atoms with Crippen molar-refractivity contribution >= 4 is 17.6 Å². The SMILES string of the molecule is CCOC(=O)c1ccn(-c2ccccc2NC(=O)CCN)n1. The predicted molar refractivity (Wildman–Crippen MR) is 81.8 cm³/mol. The molecule has 0 fully saturated rings. The number of nitrogens with one attached hydrogen (secondary N) is 1. The van der Waals surface area contributed by atoms with E-state index in [1.165, 1.54) is 4.68 Å². The van der Waals surface area contributed by atoms with Gasteiger partial charge in [-0.15, -0.1) is 0 Å². The largest absolute Gasteiger partial charge is 0.461 e. The van der Waals surface area contributed by atoms with Crippen molar-refractivity contribution in [3.63, 3.8) is 0 Å². The van der Waals surface area contributed by atoms with Gasteiger partial charge in [0.15, 0.2) is 5.69 Å². The molecule has 0 aliphatic rings. The Balaban J connectivity index is 2.25. The Morgan fingerprint density at radius 3 is 2.82 bits per heavy atom. The normalized spacial score (nSPS) is 10.3. The van der Waals surface area contributed by atoms with Crippen molar-refractivity contribution in [1.82, 2.24) is 9.78 Å². The van der Waals surface area contributed by atoms with Crippen LogP contribution in [0.25, 0.3) is 5.69 Å². The molecule has 1 aromatic carbocycles. The maximum absolute atomic E-state index is 11.7. The molecule has 0 bridgehead atoms. The van der Waals surface area contributed by atoms with E-state index in [1.54, 1.807) is 37.4 Å². The van der Waals surface area contributed by atoms with Gasteiger partial charge in [0.25, 0.3) is 0 Å². The molecule has 0 saturated heterocycles. The van der Waals surface area contributed by atoms with Crippen LogP contribution < -0.4 is 11.1 Å². The molecule has 0 saturated carbocycles. The topological polar surface area (TPSA) is 99.2 Å². The standard InChI is InChI=1S/C15H18N4O3/c1-2-22-15(21)12-8-10-19(18-12)13-6-4-3-5-11(13)17-14(20)7-9-16/h3-6,8,10H,2,7,9,16H2,1H3,(H,17,20). The highest BCUT2D eigenvalue weighted by atomic mass is 16.5. The van der Waals surface area contributed by atoms with Gasteiger partial charge in [0.05, 0.1) is 18.0 Å². The number of nitrogens with two attached hydrogens (primary N) is 1. The predicted octanol–water partition coefficient (Wildman–Crippen LogP) is 1.34. The van der Waals surface area contributed by atoms with E-state index in [0.29, 0.717) is 11.4 Å². The Bertz CT molecular complexity index is 666. The van der Waals surface area contributed by atoms with Crippen LogP contribution >= 0.6 is 0 Å². The van der Waals surface area contributed by atoms with Crippen LogP contribution in [0.2, 0.25) is 0 Å². The minimum Gasteiger partial charge on any atom is -0.461 e. The second kappa shape index (κ2) is 7.37. The molecule has 0 unspecified atom stereocenters. The van der Waals surface area contributed by atoms with Gasteiger partial charge in [-0.1, -0.05) is 12.1 Å². The minimum absolute atomic E-state index is 0.173. The highest BCUT2D eigenvalue weighted by Crippen LogP contribution is 2.19. The van der Waals surface area contributed by atoms with Gasteiger partial charge in [-0.3, -0.25) is 4.79 Å². The Kier molecular flexibility index (Phi) is 5.26. The third-order valence-electron chi connectivity index (χ3n) is 2.87. The summed E-state index contributed by atoms with van der Waals surface area (Å²) in [6, 6.07) is 8.74. The van der Waals surface area contributed by atoms with Crippen molar-refractivity contribution in [3.05, 3.63) is 42.2 Å². The maximum atomic E-state index is 11.7. The number of benzene rings is 1. The first-order valence-corrected chi connectivity index (χ1v) is 6.97. The first kappa shape index (κ1) is 15.7. The van der Waals surface area contributed by atoms with Gasteiger partial charge < -0.3 is 15.8 Å². The van der Waals surface area contributed by atoms with Crippen molar-refractivity contribution < 1.29 is 14.3 Å². The van der Waals surface area contributed by atoms with Gasteiger partial charge in [0, 0.05) is 19.2 Å². The molecular weight excluding hydrogens is 284 g/mol. The number of para-hydroxylation sites is 2. The average Bonchev–Trinajstić information content (AvgIpc) is 2.98. The highest BCUT2D eigenvalue weighted by Gasteiger charge is 2.13. The molecule has 0 aliphatic heterocycles. The summed E-state index contributed by atoms with van der Waals surface area (Å²) in [6.07, 6.45) is 1.88. The van der Waals surface area contributed by atoms with Gasteiger partial charge in [-0.2, -0.15) is 5.10 Å². The minimum atomic E-state index is -0.481. The molecule has 0 aliphatic carbocycles. The van der Waals surface area contributed by atoms with Crippen molar-refractivity contribution in [2.75, 3.05) is 18.5 Å². The Morgan fingerprint density at radius 1 is 1.32 bits per heavy atom. The van der Waals surface area contributed by atoms with Gasteiger partial charge in [0.1, 0.15) is 0 Å². The van der Waals surface area contributed by atoms with Crippen LogP contribution in [0.4, 0.5) is 5.69 Å². The van der Waals surface area contributed by atoms with Crippen LogP contribution in [0.1, 0.15) is 23.8 Å². The van der Waals surface area contributed by atoms with Crippen LogP contribution in [0.15, 0.2) is 36.5 Å². The molecule has 0 atom stereocenters. The van der Waals surface area contributed by atoms with E-state index >= 15 is 0 Å². The Hall–Kier alpha value is -2.67. The number of rotatable bonds is 6. The quantitative estimate of drug-likeness (QED) is 0.784. The summed E-state index contributed by atoms with van der Waals surface area (Å²) < 4.78 is 6.42. The molecule has 1 heterocycles. The molecule has 1 amide bonds. The van der Waals surface area contributed by atoms with E-state index in [0.717, 1.165) is 0 Å². The summed E-state index contributed by atoms with van der Waals surface area (Å²) in [5.74, 6) is -0.654. The smallest absolute Gasteiger partial charge is 0.358 e. The number of aromatic nitrogens is 2. The van der Waals surface area contributed by atoms with Gasteiger partial charge in [-0.25, -0.2) is 9.48 Å². The van der Waals surface area contributed by atoms with E-state index < -0.39 is 5.97 Å². The van der Waals surface area contributed by atoms with Crippen LogP contribution in [0.5, 0.6) is 0 Å². The zero-order valence-corrected chi connectivity index (χ0v) is 12.3. The number of hydrogen-bond acceptors (Lipinski definition) is 5. The molecule has 116 valence electrons. The highest BCUT2D eigenvalue weighted by molar-refractivity contribution is 5.93. The summed E-state index contributed by atoms with van der Waals surface area (Å²) in [6.45, 7) is 2.30. The third-order valence-corrected chi connectivity index (χ3v) is 2.87. The van der Waals surface area contributed by atoms with Crippen LogP contribution in [-0.4, -0.2) is 34.8 Å². The number of carbonyl (C=O) groups is 2.